The molecule has 0 atom stereocenters. The quantitative estimate of drug-likeness (QED) is 0.168. The summed E-state index contributed by atoms with van der Waals surface area (Å²) < 4.78 is 3.62. The van der Waals surface area contributed by atoms with E-state index in [0.29, 0.717) is 0 Å². The average molecular weight is 665 g/mol. The first-order valence-electron chi connectivity index (χ1n) is 17.6. The zero-order valence-electron chi connectivity index (χ0n) is 28.3. The van der Waals surface area contributed by atoms with E-state index >= 15 is 0 Å². The van der Waals surface area contributed by atoms with Crippen molar-refractivity contribution in [3.05, 3.63) is 205 Å². The lowest BCUT2D eigenvalue weighted by atomic mass is 9.84. The summed E-state index contributed by atoms with van der Waals surface area (Å²) in [5, 5.41) is 7.21. The maximum Gasteiger partial charge on any atom is 0.338 e. The summed E-state index contributed by atoms with van der Waals surface area (Å²) in [4.78, 5) is 14.2. The van der Waals surface area contributed by atoms with Gasteiger partial charge in [-0.05, 0) is 120 Å². The van der Waals surface area contributed by atoms with Crippen LogP contribution in [0.2, 0.25) is 0 Å². The van der Waals surface area contributed by atoms with Crippen LogP contribution >= 0.6 is 0 Å². The lowest BCUT2D eigenvalue weighted by Crippen LogP contribution is -2.22. The van der Waals surface area contributed by atoms with Crippen LogP contribution in [0.5, 0.6) is 0 Å². The van der Waals surface area contributed by atoms with Crippen LogP contribution in [0, 0.1) is 0 Å². The topological polar surface area (TPSA) is 26.9 Å². The van der Waals surface area contributed by atoms with Gasteiger partial charge in [-0.2, -0.15) is 0 Å². The Bertz CT molecular complexity index is 3000. The first kappa shape index (κ1) is 29.9. The Labute approximate surface area is 300 Å². The van der Waals surface area contributed by atoms with Gasteiger partial charge in [-0.25, -0.2) is 4.79 Å². The fourth-order valence-electron chi connectivity index (χ4n) is 7.95. The number of hydrogen-bond donors (Lipinski definition) is 0. The van der Waals surface area contributed by atoms with Crippen LogP contribution in [0.15, 0.2) is 199 Å². The molecule has 9 aromatic carbocycles. The van der Waals surface area contributed by atoms with Crippen LogP contribution in [0.25, 0.3) is 88.1 Å². The second kappa shape index (κ2) is 12.1. The van der Waals surface area contributed by atoms with E-state index in [1.165, 1.54) is 60.1 Å². The van der Waals surface area contributed by atoms with E-state index in [0.717, 1.165) is 28.0 Å². The second-order valence-electron chi connectivity index (χ2n) is 13.3. The molecule has 52 heavy (non-hydrogen) atoms. The van der Waals surface area contributed by atoms with Crippen molar-refractivity contribution >= 4 is 43.4 Å². The van der Waals surface area contributed by atoms with Gasteiger partial charge in [0.15, 0.2) is 0 Å². The second-order valence-corrected chi connectivity index (χ2v) is 13.3. The van der Waals surface area contributed by atoms with Crippen molar-refractivity contribution in [1.29, 1.82) is 0 Å². The van der Waals surface area contributed by atoms with E-state index in [4.69, 9.17) is 0 Å². The fourth-order valence-corrected chi connectivity index (χ4v) is 7.95. The number of para-hydroxylation sites is 3. The third-order valence-corrected chi connectivity index (χ3v) is 10.3. The predicted octanol–water partition coefficient (Wildman–Crippen LogP) is 12.2. The van der Waals surface area contributed by atoms with Crippen LogP contribution in [0.3, 0.4) is 0 Å². The van der Waals surface area contributed by atoms with E-state index in [-0.39, 0.29) is 5.69 Å². The highest BCUT2D eigenvalue weighted by Gasteiger charge is 2.20. The lowest BCUT2D eigenvalue weighted by Gasteiger charge is -2.20. The molecule has 10 rings (SSSR count). The third kappa shape index (κ3) is 4.79. The summed E-state index contributed by atoms with van der Waals surface area (Å²) in [7, 11) is 0. The van der Waals surface area contributed by atoms with Crippen molar-refractivity contribution in [2.24, 2.45) is 0 Å². The van der Waals surface area contributed by atoms with E-state index in [1.807, 2.05) is 59.2 Å². The molecule has 0 fully saturated rings. The highest BCUT2D eigenvalue weighted by Crippen LogP contribution is 2.46. The molecule has 0 aliphatic carbocycles. The smallest absolute Gasteiger partial charge is 0.260 e. The summed E-state index contributed by atoms with van der Waals surface area (Å²) in [5.41, 5.74) is 10.4. The molecule has 1 aromatic heterocycles. The van der Waals surface area contributed by atoms with Crippen molar-refractivity contribution in [3.63, 3.8) is 0 Å². The normalized spacial score (nSPS) is 11.5. The molecule has 0 N–H and O–H groups in total. The molecule has 0 unspecified atom stereocenters. The minimum Gasteiger partial charge on any atom is -0.260 e. The number of benzene rings is 9. The zero-order chi connectivity index (χ0) is 34.6. The van der Waals surface area contributed by atoms with Crippen LogP contribution in [0.1, 0.15) is 0 Å². The Morgan fingerprint density at radius 3 is 1.33 bits per heavy atom. The summed E-state index contributed by atoms with van der Waals surface area (Å²) in [6.07, 6.45) is 0. The van der Waals surface area contributed by atoms with Gasteiger partial charge in [-0.3, -0.25) is 9.13 Å². The van der Waals surface area contributed by atoms with Gasteiger partial charge in [0.25, 0.3) is 0 Å². The number of fused-ring (bicyclic) bond motifs is 4. The van der Waals surface area contributed by atoms with Crippen molar-refractivity contribution in [2.45, 2.75) is 0 Å². The monoisotopic (exact) mass is 664 g/mol. The Kier molecular flexibility index (Phi) is 6.97. The van der Waals surface area contributed by atoms with E-state index in [1.54, 1.807) is 4.57 Å². The number of hydrogen-bond acceptors (Lipinski definition) is 1. The largest absolute Gasteiger partial charge is 0.338 e. The Hall–Kier alpha value is -6.97. The van der Waals surface area contributed by atoms with Crippen molar-refractivity contribution < 1.29 is 0 Å². The van der Waals surface area contributed by atoms with Gasteiger partial charge in [0.2, 0.25) is 0 Å². The molecule has 1 heterocycles. The first-order chi connectivity index (χ1) is 25.7. The molecule has 0 aliphatic rings. The summed E-state index contributed by atoms with van der Waals surface area (Å²) in [6, 6.07) is 68.0. The van der Waals surface area contributed by atoms with Gasteiger partial charge in [0.1, 0.15) is 0 Å². The van der Waals surface area contributed by atoms with Crippen molar-refractivity contribution in [1.82, 2.24) is 9.13 Å². The molecule has 0 aliphatic heterocycles. The number of rotatable bonds is 5. The highest BCUT2D eigenvalue weighted by atomic mass is 16.1. The number of aromatic nitrogens is 2. The van der Waals surface area contributed by atoms with E-state index in [9.17, 15) is 4.79 Å². The Balaban J connectivity index is 1.26. The molecule has 0 saturated carbocycles. The first-order valence-corrected chi connectivity index (χ1v) is 17.6. The van der Waals surface area contributed by atoms with Gasteiger partial charge in [-0.15, -0.1) is 0 Å². The molecule has 0 amide bonds. The summed E-state index contributed by atoms with van der Waals surface area (Å²) >= 11 is 0. The zero-order valence-corrected chi connectivity index (χ0v) is 28.3. The van der Waals surface area contributed by atoms with E-state index in [2.05, 4.69) is 140 Å². The molecule has 0 bridgehead atoms. The third-order valence-electron chi connectivity index (χ3n) is 10.3. The molecular formula is C49H32N2O. The summed E-state index contributed by atoms with van der Waals surface area (Å²) in [5.74, 6) is 0. The van der Waals surface area contributed by atoms with Gasteiger partial charge in [0.05, 0.1) is 22.4 Å². The maximum atomic E-state index is 14.2. The maximum absolute atomic E-state index is 14.2. The predicted molar refractivity (Wildman–Crippen MR) is 218 cm³/mol. The van der Waals surface area contributed by atoms with Gasteiger partial charge >= 0.3 is 5.69 Å². The molecule has 0 spiro atoms. The van der Waals surface area contributed by atoms with E-state index < -0.39 is 0 Å². The molecule has 0 saturated heterocycles. The molecule has 3 heteroatoms. The Morgan fingerprint density at radius 1 is 0.308 bits per heavy atom. The van der Waals surface area contributed by atoms with Crippen LogP contribution in [-0.2, 0) is 0 Å². The van der Waals surface area contributed by atoms with Crippen LogP contribution in [0.4, 0.5) is 0 Å². The van der Waals surface area contributed by atoms with Crippen LogP contribution < -0.4 is 5.69 Å². The lowest BCUT2D eigenvalue weighted by molar-refractivity contribution is 0.931. The SMILES string of the molecule is O=c1n(-c2ccccc2)c2ccccc2n1-c1ccc(-c2c3cc(-c4ccccc4)ccc3c(-c3ccccc3)c3cc4ccccc4cc23)cc1. The fraction of sp³-hybridized carbons (Fsp3) is 0. The number of nitrogens with zero attached hydrogens (tertiary/aromatic N) is 2. The minimum atomic E-state index is -0.0952. The van der Waals surface area contributed by atoms with Crippen LogP contribution in [-0.4, -0.2) is 9.13 Å². The van der Waals surface area contributed by atoms with Crippen molar-refractivity contribution in [2.75, 3.05) is 0 Å². The highest BCUT2D eigenvalue weighted by molar-refractivity contribution is 6.24. The van der Waals surface area contributed by atoms with Gasteiger partial charge < -0.3 is 0 Å². The Morgan fingerprint density at radius 2 is 0.731 bits per heavy atom. The van der Waals surface area contributed by atoms with Gasteiger partial charge in [-0.1, -0.05) is 140 Å². The number of imidazole rings is 1. The molecule has 3 nitrogen and oxygen atoms in total. The summed E-state index contributed by atoms with van der Waals surface area (Å²) in [6.45, 7) is 0. The van der Waals surface area contributed by atoms with Gasteiger partial charge in [0, 0.05) is 0 Å². The standard InChI is InChI=1S/C49H32N2O/c52-49-50(39-20-8-3-9-21-39)45-22-12-13-23-46(45)51(49)40-27-24-35(25-28-40)48-42-32-38(33-14-4-1-5-15-33)26-29-41(42)47(34-16-6-2-7-17-34)43-30-36-18-10-11-19-37(36)31-44(43)48/h1-32H. The van der Waals surface area contributed by atoms with Crippen molar-refractivity contribution in [3.8, 4) is 44.8 Å². The molecule has 0 radical (unpaired) electrons. The molecule has 244 valence electrons. The molecule has 10 aromatic rings. The molecular weight excluding hydrogens is 633 g/mol. The average Bonchev–Trinajstić information content (AvgIpc) is 3.51. The minimum absolute atomic E-state index is 0.0952.